The molecule has 0 saturated carbocycles. The van der Waals surface area contributed by atoms with Crippen molar-refractivity contribution in [2.24, 2.45) is 7.05 Å². The molecular weight excluding hydrogens is 494 g/mol. The Hall–Kier alpha value is -2.80. The van der Waals surface area contributed by atoms with Crippen LogP contribution in [-0.4, -0.2) is 39.4 Å². The number of hydrogen-bond acceptors (Lipinski definition) is 6. The zero-order valence-electron chi connectivity index (χ0n) is 17.5. The summed E-state index contributed by atoms with van der Waals surface area (Å²) in [6.45, 7) is 2.81. The van der Waals surface area contributed by atoms with E-state index in [-0.39, 0.29) is 38.3 Å². The Morgan fingerprint density at radius 2 is 1.88 bits per heavy atom. The van der Waals surface area contributed by atoms with Crippen molar-refractivity contribution in [3.8, 4) is 5.69 Å². The Labute approximate surface area is 193 Å². The number of carbonyl (C=O) groups excluding carboxylic acids is 2. The molecule has 0 aliphatic carbocycles. The number of halogens is 5. The third-order valence-corrected chi connectivity index (χ3v) is 5.82. The summed E-state index contributed by atoms with van der Waals surface area (Å²) in [7, 11) is 0.792. The molecule has 33 heavy (non-hydrogen) atoms. The maximum atomic E-state index is 14.6. The fourth-order valence-corrected chi connectivity index (χ4v) is 3.86. The number of hydrogen-bond donors (Lipinski definition) is 1. The highest BCUT2D eigenvalue weighted by Crippen LogP contribution is 2.33. The Morgan fingerprint density at radius 1 is 1.24 bits per heavy atom. The third kappa shape index (κ3) is 6.16. The molecule has 2 rings (SSSR count). The fraction of sp³-hybridized carbons (Fsp3) is 0.368. The van der Waals surface area contributed by atoms with Crippen molar-refractivity contribution in [3.63, 3.8) is 0 Å². The van der Waals surface area contributed by atoms with Crippen molar-refractivity contribution in [2.75, 3.05) is 13.2 Å². The summed E-state index contributed by atoms with van der Waals surface area (Å²) in [5, 5.41) is 1.32. The third-order valence-electron chi connectivity index (χ3n) is 4.24. The summed E-state index contributed by atoms with van der Waals surface area (Å²) < 4.78 is 58.8. The number of esters is 1. The molecule has 0 aliphatic rings. The van der Waals surface area contributed by atoms with Gasteiger partial charge < -0.3 is 10.1 Å². The van der Waals surface area contributed by atoms with Gasteiger partial charge in [-0.25, -0.2) is 13.8 Å². The van der Waals surface area contributed by atoms with Crippen molar-refractivity contribution in [1.82, 2.24) is 14.5 Å². The van der Waals surface area contributed by atoms with Crippen LogP contribution in [0.4, 0.5) is 17.6 Å². The highest BCUT2D eigenvalue weighted by atomic mass is 35.5. The zero-order valence-corrected chi connectivity index (χ0v) is 19.0. The van der Waals surface area contributed by atoms with Crippen molar-refractivity contribution >= 4 is 35.2 Å². The molecule has 0 spiro atoms. The fourth-order valence-electron chi connectivity index (χ4n) is 2.66. The molecule has 2 aromatic rings. The lowest BCUT2D eigenvalue weighted by Gasteiger charge is -2.16. The van der Waals surface area contributed by atoms with E-state index in [1.807, 2.05) is 0 Å². The Morgan fingerprint density at radius 3 is 2.45 bits per heavy atom. The van der Waals surface area contributed by atoms with Crippen molar-refractivity contribution < 1.29 is 31.9 Å². The van der Waals surface area contributed by atoms with Crippen LogP contribution >= 0.6 is 23.4 Å². The number of nitrogens with one attached hydrogen (secondary N) is 1. The molecule has 1 heterocycles. The van der Waals surface area contributed by atoms with Gasteiger partial charge in [0.15, 0.2) is 0 Å². The largest absolute Gasteiger partial charge is 0.465 e. The smallest absolute Gasteiger partial charge is 0.431 e. The molecule has 1 N–H and O–H groups in total. The van der Waals surface area contributed by atoms with E-state index in [9.17, 15) is 36.7 Å². The Kier molecular flexibility index (Phi) is 8.36. The second kappa shape index (κ2) is 10.4. The molecule has 0 bridgehead atoms. The van der Waals surface area contributed by atoms with Crippen molar-refractivity contribution in [2.45, 2.75) is 30.2 Å². The maximum Gasteiger partial charge on any atom is 0.431 e. The summed E-state index contributed by atoms with van der Waals surface area (Å²) in [6, 6.07) is 1.92. The number of thioether (sulfide) groups is 1. The quantitative estimate of drug-likeness (QED) is 0.348. The van der Waals surface area contributed by atoms with E-state index in [0.29, 0.717) is 0 Å². The standard InChI is InChI=1S/C19H18ClF4N3O5S/c1-4-32-16(29)8-25-17(30)9(2)33-13-6-12(11(21)5-10(13)20)27-15(28)7-14(19(22,23)24)26(3)18(27)31/h5-7,9H,4,8H2,1-3H3,(H,25,30). The number of amides is 1. The predicted octanol–water partition coefficient (Wildman–Crippen LogP) is 2.51. The van der Waals surface area contributed by atoms with Gasteiger partial charge in [-0.15, -0.1) is 11.8 Å². The van der Waals surface area contributed by atoms with Crippen LogP contribution in [0.3, 0.4) is 0 Å². The molecule has 8 nitrogen and oxygen atoms in total. The van der Waals surface area contributed by atoms with Crippen LogP contribution in [0.5, 0.6) is 0 Å². The summed E-state index contributed by atoms with van der Waals surface area (Å²) >= 11 is 6.83. The van der Waals surface area contributed by atoms with E-state index in [0.717, 1.165) is 30.9 Å². The summed E-state index contributed by atoms with van der Waals surface area (Å²) in [4.78, 5) is 48.4. The van der Waals surface area contributed by atoms with E-state index in [2.05, 4.69) is 5.32 Å². The number of ether oxygens (including phenoxy) is 1. The number of carbonyl (C=O) groups is 2. The second-order valence-corrected chi connectivity index (χ2v) is 8.35. The van der Waals surface area contributed by atoms with E-state index >= 15 is 0 Å². The van der Waals surface area contributed by atoms with Gasteiger partial charge in [0.1, 0.15) is 18.1 Å². The highest BCUT2D eigenvalue weighted by molar-refractivity contribution is 8.00. The molecule has 1 amide bonds. The van der Waals surface area contributed by atoms with Crippen LogP contribution in [0.2, 0.25) is 5.02 Å². The van der Waals surface area contributed by atoms with Gasteiger partial charge in [0.2, 0.25) is 5.91 Å². The van der Waals surface area contributed by atoms with E-state index < -0.39 is 51.8 Å². The van der Waals surface area contributed by atoms with Crippen molar-refractivity contribution in [1.29, 1.82) is 0 Å². The van der Waals surface area contributed by atoms with Crippen LogP contribution < -0.4 is 16.6 Å². The number of alkyl halides is 3. The Balaban J connectivity index is 2.42. The first kappa shape index (κ1) is 26.5. The lowest BCUT2D eigenvalue weighted by molar-refractivity contribution is -0.144. The van der Waals surface area contributed by atoms with Gasteiger partial charge in [-0.1, -0.05) is 11.6 Å². The van der Waals surface area contributed by atoms with Crippen LogP contribution in [-0.2, 0) is 27.5 Å². The molecule has 0 saturated heterocycles. The molecule has 1 atom stereocenters. The first-order valence-electron chi connectivity index (χ1n) is 9.27. The molecule has 180 valence electrons. The van der Waals surface area contributed by atoms with E-state index in [1.165, 1.54) is 6.92 Å². The molecular formula is C19H18ClF4N3O5S. The zero-order chi connectivity index (χ0) is 25.1. The van der Waals surface area contributed by atoms with Crippen LogP contribution in [0.15, 0.2) is 32.7 Å². The molecule has 1 aromatic carbocycles. The van der Waals surface area contributed by atoms with Gasteiger partial charge in [0.25, 0.3) is 5.56 Å². The molecule has 1 aromatic heterocycles. The van der Waals surface area contributed by atoms with Gasteiger partial charge in [0.05, 0.1) is 22.6 Å². The van der Waals surface area contributed by atoms with E-state index in [1.54, 1.807) is 6.92 Å². The Bertz CT molecular complexity index is 1200. The van der Waals surface area contributed by atoms with Crippen LogP contribution in [0, 0.1) is 5.82 Å². The minimum atomic E-state index is -4.97. The van der Waals surface area contributed by atoms with Crippen LogP contribution in [0.1, 0.15) is 19.5 Å². The first-order chi connectivity index (χ1) is 15.3. The highest BCUT2D eigenvalue weighted by Gasteiger charge is 2.35. The van der Waals surface area contributed by atoms with E-state index in [4.69, 9.17) is 16.3 Å². The van der Waals surface area contributed by atoms with Gasteiger partial charge >= 0.3 is 17.8 Å². The van der Waals surface area contributed by atoms with Gasteiger partial charge in [0, 0.05) is 18.0 Å². The van der Waals surface area contributed by atoms with Gasteiger partial charge in [-0.3, -0.25) is 19.0 Å². The lowest BCUT2D eigenvalue weighted by atomic mass is 10.3. The topological polar surface area (TPSA) is 99.4 Å². The minimum absolute atomic E-state index is 0.0701. The summed E-state index contributed by atoms with van der Waals surface area (Å²) in [5.41, 5.74) is -4.96. The molecule has 14 heteroatoms. The van der Waals surface area contributed by atoms with Crippen molar-refractivity contribution in [3.05, 3.63) is 55.6 Å². The lowest BCUT2D eigenvalue weighted by Crippen LogP contribution is -2.41. The molecule has 1 unspecified atom stereocenters. The minimum Gasteiger partial charge on any atom is -0.465 e. The number of benzene rings is 1. The number of rotatable bonds is 7. The maximum absolute atomic E-state index is 14.6. The average Bonchev–Trinajstić information content (AvgIpc) is 2.71. The molecule has 0 radical (unpaired) electrons. The van der Waals surface area contributed by atoms with Crippen LogP contribution in [0.25, 0.3) is 5.69 Å². The van der Waals surface area contributed by atoms with Gasteiger partial charge in [-0.05, 0) is 26.0 Å². The normalized spacial score (nSPS) is 12.4. The average molecular weight is 512 g/mol. The first-order valence-corrected chi connectivity index (χ1v) is 10.5. The number of aromatic nitrogens is 2. The molecule has 0 fully saturated rings. The summed E-state index contributed by atoms with van der Waals surface area (Å²) in [5.74, 6) is -2.37. The monoisotopic (exact) mass is 511 g/mol. The summed E-state index contributed by atoms with van der Waals surface area (Å²) in [6.07, 6.45) is -4.97. The SMILES string of the molecule is CCOC(=O)CNC(=O)C(C)Sc1cc(-n2c(=O)cc(C(F)(F)F)n(C)c2=O)c(F)cc1Cl. The van der Waals surface area contributed by atoms with Gasteiger partial charge in [-0.2, -0.15) is 13.2 Å². The molecule has 0 aliphatic heterocycles. The second-order valence-electron chi connectivity index (χ2n) is 6.56. The predicted molar refractivity (Wildman–Crippen MR) is 112 cm³/mol. The number of nitrogens with zero attached hydrogens (tertiary/aromatic N) is 2.